The second-order valence-corrected chi connectivity index (χ2v) is 9.34. The lowest BCUT2D eigenvalue weighted by molar-refractivity contribution is -0.0630. The second kappa shape index (κ2) is 8.81. The minimum atomic E-state index is -4.97. The van der Waals surface area contributed by atoms with E-state index in [1.807, 2.05) is 0 Å². The van der Waals surface area contributed by atoms with Crippen molar-refractivity contribution in [2.45, 2.75) is 43.7 Å². The molecular weight excluding hydrogens is 408 g/mol. The lowest BCUT2D eigenvalue weighted by atomic mass is 9.86. The van der Waals surface area contributed by atoms with Crippen molar-refractivity contribution >= 4 is 16.7 Å². The van der Waals surface area contributed by atoms with Gasteiger partial charge in [0.1, 0.15) is 12.4 Å². The largest absolute Gasteiger partial charge is 0.431 e. The summed E-state index contributed by atoms with van der Waals surface area (Å²) in [7, 11) is 0.364. The lowest BCUT2D eigenvalue weighted by Gasteiger charge is -2.35. The molecule has 1 rings (SSSR count). The number of hydrogen-bond acceptors (Lipinski definition) is 3. The summed E-state index contributed by atoms with van der Waals surface area (Å²) < 4.78 is 96.6. The Kier molecular flexibility index (Phi) is 7.68. The number of hydrazone groups is 1. The second-order valence-electron chi connectivity index (χ2n) is 7.37. The molecule has 0 fully saturated rings. The molecule has 0 bridgehead atoms. The van der Waals surface area contributed by atoms with E-state index in [9.17, 15) is 30.6 Å². The van der Waals surface area contributed by atoms with Gasteiger partial charge in [-0.1, -0.05) is 12.1 Å². The van der Waals surface area contributed by atoms with Gasteiger partial charge in [-0.25, -0.2) is 22.1 Å². The van der Waals surface area contributed by atoms with E-state index >= 15 is 0 Å². The Morgan fingerprint density at radius 2 is 1.75 bits per heavy atom. The summed E-state index contributed by atoms with van der Waals surface area (Å²) in [5, 5.41) is 4.19. The molecule has 1 aromatic carbocycles. The van der Waals surface area contributed by atoms with E-state index in [0.29, 0.717) is 0 Å². The van der Waals surface area contributed by atoms with Crippen LogP contribution < -0.4 is 4.72 Å². The van der Waals surface area contributed by atoms with Crippen LogP contribution in [0.25, 0.3) is 0 Å². The summed E-state index contributed by atoms with van der Waals surface area (Å²) in [6.07, 6.45) is -6.17. The van der Waals surface area contributed by atoms with E-state index in [1.54, 1.807) is 0 Å². The number of nitrogens with zero attached hydrogens (tertiary/aromatic N) is 2. The highest BCUT2D eigenvalue weighted by Crippen LogP contribution is 2.35. The van der Waals surface area contributed by atoms with Gasteiger partial charge in [0, 0.05) is 26.1 Å². The first kappa shape index (κ1) is 24.4. The van der Waals surface area contributed by atoms with Crippen molar-refractivity contribution in [2.24, 2.45) is 5.10 Å². The van der Waals surface area contributed by atoms with E-state index in [4.69, 9.17) is 0 Å². The van der Waals surface area contributed by atoms with Gasteiger partial charge in [0.15, 0.2) is 11.6 Å². The Balaban J connectivity index is 3.66. The Hall–Kier alpha value is -1.62. The smallest absolute Gasteiger partial charge is 0.303 e. The fourth-order valence-electron chi connectivity index (χ4n) is 2.26. The summed E-state index contributed by atoms with van der Waals surface area (Å²) in [6.45, 7) is 2.91. The molecule has 0 saturated carbocycles. The van der Waals surface area contributed by atoms with Crippen molar-refractivity contribution in [2.75, 3.05) is 20.8 Å². The van der Waals surface area contributed by atoms with Crippen molar-refractivity contribution in [1.29, 1.82) is 0 Å². The predicted octanol–water partition coefficient (Wildman–Crippen LogP) is 4.05. The number of rotatable bonds is 7. The molecule has 0 amide bonds. The Labute approximate surface area is 162 Å². The molecule has 0 aliphatic heterocycles. The quantitative estimate of drug-likeness (QED) is 0.402. The van der Waals surface area contributed by atoms with Crippen molar-refractivity contribution in [3.8, 4) is 0 Å². The molecule has 0 spiro atoms. The molecule has 4 nitrogen and oxygen atoms in total. The van der Waals surface area contributed by atoms with Crippen LogP contribution in [-0.4, -0.2) is 46.6 Å². The van der Waals surface area contributed by atoms with Crippen LogP contribution in [-0.2, 0) is 16.5 Å². The molecule has 0 aliphatic rings. The molecule has 11 heteroatoms. The van der Waals surface area contributed by atoms with Crippen LogP contribution in [0.2, 0.25) is 0 Å². The summed E-state index contributed by atoms with van der Waals surface area (Å²) in [5.74, 6) is -2.89. The van der Waals surface area contributed by atoms with E-state index in [1.165, 1.54) is 34.9 Å². The monoisotopic (exact) mass is 431 g/mol. The summed E-state index contributed by atoms with van der Waals surface area (Å²) >= 11 is 0. The third-order valence-electron chi connectivity index (χ3n) is 3.66. The molecule has 160 valence electrons. The van der Waals surface area contributed by atoms with Crippen LogP contribution in [0.4, 0.5) is 26.3 Å². The maximum absolute atomic E-state index is 14.4. The third kappa shape index (κ3) is 5.94. The van der Waals surface area contributed by atoms with Crippen LogP contribution in [0.15, 0.2) is 23.3 Å². The van der Waals surface area contributed by atoms with E-state index in [2.05, 4.69) is 9.82 Å². The topological polar surface area (TPSA) is 44.7 Å². The van der Waals surface area contributed by atoms with Crippen LogP contribution in [0, 0.1) is 11.6 Å². The maximum atomic E-state index is 14.4. The predicted molar refractivity (Wildman–Crippen MR) is 96.8 cm³/mol. The average molecular weight is 431 g/mol. The van der Waals surface area contributed by atoms with Gasteiger partial charge in [0.05, 0.1) is 21.3 Å². The van der Waals surface area contributed by atoms with Gasteiger partial charge in [-0.05, 0) is 26.8 Å². The molecular formula is C17H23F6N3OS. The molecule has 2 unspecified atom stereocenters. The highest BCUT2D eigenvalue weighted by atomic mass is 32.2. The molecule has 0 saturated heterocycles. The number of benzene rings is 1. The Morgan fingerprint density at radius 1 is 1.18 bits per heavy atom. The molecule has 1 aromatic rings. The van der Waals surface area contributed by atoms with Gasteiger partial charge in [0.2, 0.25) is 0 Å². The Bertz CT molecular complexity index is 745. The van der Waals surface area contributed by atoms with Crippen molar-refractivity contribution < 1.29 is 30.6 Å². The fraction of sp³-hybridized carbons (Fsp3) is 0.588. The van der Waals surface area contributed by atoms with Gasteiger partial charge in [-0.3, -0.25) is 0 Å². The normalized spacial score (nSPS) is 16.6. The van der Waals surface area contributed by atoms with E-state index in [0.717, 1.165) is 23.2 Å². The van der Waals surface area contributed by atoms with E-state index < -0.39 is 63.5 Å². The molecule has 28 heavy (non-hydrogen) atoms. The highest BCUT2D eigenvalue weighted by molar-refractivity contribution is 7.84. The van der Waals surface area contributed by atoms with Gasteiger partial charge >= 0.3 is 6.18 Å². The highest BCUT2D eigenvalue weighted by Gasteiger charge is 2.47. The van der Waals surface area contributed by atoms with E-state index in [-0.39, 0.29) is 0 Å². The fourth-order valence-corrected chi connectivity index (χ4v) is 3.15. The number of nitrogens with one attached hydrogen (secondary N) is 1. The first-order chi connectivity index (χ1) is 12.6. The van der Waals surface area contributed by atoms with Crippen LogP contribution in [0.3, 0.4) is 0 Å². The van der Waals surface area contributed by atoms with Gasteiger partial charge < -0.3 is 5.01 Å². The minimum absolute atomic E-state index is 0.705. The lowest BCUT2D eigenvalue weighted by Crippen LogP contribution is -2.52. The zero-order chi connectivity index (χ0) is 21.9. The van der Waals surface area contributed by atoms with Crippen LogP contribution >= 0.6 is 0 Å². The van der Waals surface area contributed by atoms with Gasteiger partial charge in [0.25, 0.3) is 0 Å². The molecule has 0 heterocycles. The van der Waals surface area contributed by atoms with Gasteiger partial charge in [-0.2, -0.15) is 18.3 Å². The number of hydrogen-bond donors (Lipinski definition) is 1. The molecule has 2 atom stereocenters. The van der Waals surface area contributed by atoms with Crippen LogP contribution in [0.5, 0.6) is 0 Å². The number of alkyl halides is 4. The zero-order valence-corrected chi connectivity index (χ0v) is 16.9. The Morgan fingerprint density at radius 3 is 2.18 bits per heavy atom. The third-order valence-corrected chi connectivity index (χ3v) is 5.35. The average Bonchev–Trinajstić information content (AvgIpc) is 2.53. The van der Waals surface area contributed by atoms with Crippen LogP contribution in [0.1, 0.15) is 32.8 Å². The number of halogens is 6. The summed E-state index contributed by atoms with van der Waals surface area (Å²) in [6, 6.07) is 2.74. The molecule has 0 aromatic heterocycles. The maximum Gasteiger partial charge on any atom is 0.431 e. The summed E-state index contributed by atoms with van der Waals surface area (Å²) in [5.41, 5.74) is -4.59. The summed E-state index contributed by atoms with van der Waals surface area (Å²) in [4.78, 5) is 0. The molecule has 0 aliphatic carbocycles. The van der Waals surface area contributed by atoms with Crippen molar-refractivity contribution in [3.05, 3.63) is 35.4 Å². The zero-order valence-electron chi connectivity index (χ0n) is 16.1. The standard InChI is InChI=1S/C17H23F6N3OS/c1-15(2,3)28(27)25-16(10-18,11-7-6-8-12(19)14(11)20)9-13(17(21,22)23)24-26(4)5/h6-8,25H,9-10H2,1-5H3. The van der Waals surface area contributed by atoms with Crippen molar-refractivity contribution in [3.63, 3.8) is 0 Å². The molecule has 0 radical (unpaired) electrons. The first-order valence-electron chi connectivity index (χ1n) is 8.16. The van der Waals surface area contributed by atoms with Gasteiger partial charge in [-0.15, -0.1) is 0 Å². The first-order valence-corrected chi connectivity index (χ1v) is 9.31. The van der Waals surface area contributed by atoms with Crippen molar-refractivity contribution in [1.82, 2.24) is 9.73 Å². The minimum Gasteiger partial charge on any atom is -0.303 e. The molecule has 1 N–H and O–H groups in total. The SMILES string of the molecule is CN(C)N=C(CC(CF)(NS(=O)C(C)(C)C)c1cccc(F)c1F)C(F)(F)F.